The second-order valence-corrected chi connectivity index (χ2v) is 6.55. The first-order chi connectivity index (χ1) is 11.8. The van der Waals surface area contributed by atoms with E-state index in [2.05, 4.69) is 20.5 Å². The van der Waals surface area contributed by atoms with Gasteiger partial charge in [-0.2, -0.15) is 0 Å². The van der Waals surface area contributed by atoms with Crippen LogP contribution in [-0.4, -0.2) is 26.9 Å². The fourth-order valence-electron chi connectivity index (χ4n) is 2.36. The van der Waals surface area contributed by atoms with E-state index in [-0.39, 0.29) is 5.95 Å². The Bertz CT molecular complexity index is 920. The zero-order valence-electron chi connectivity index (χ0n) is 14.3. The van der Waals surface area contributed by atoms with Gasteiger partial charge in [0.2, 0.25) is 5.95 Å². The monoisotopic (exact) mass is 337 g/mol. The van der Waals surface area contributed by atoms with Crippen LogP contribution in [0.2, 0.25) is 0 Å². The highest BCUT2D eigenvalue weighted by Gasteiger charge is 2.18. The fraction of sp³-hybridized carbons (Fsp3) is 0.222. The van der Waals surface area contributed by atoms with Crippen molar-refractivity contribution in [2.24, 2.45) is 0 Å². The van der Waals surface area contributed by atoms with Crippen molar-refractivity contribution in [2.45, 2.75) is 26.4 Å². The van der Waals surface area contributed by atoms with Crippen LogP contribution in [0.4, 0.5) is 16.4 Å². The molecule has 0 radical (unpaired) electrons. The van der Waals surface area contributed by atoms with Crippen LogP contribution in [0, 0.1) is 0 Å². The Morgan fingerprint density at radius 2 is 1.80 bits per heavy atom. The third kappa shape index (κ3) is 4.00. The first-order valence-corrected chi connectivity index (χ1v) is 7.81. The van der Waals surface area contributed by atoms with Crippen LogP contribution in [-0.2, 0) is 4.74 Å². The molecule has 0 aliphatic carbocycles. The van der Waals surface area contributed by atoms with Crippen LogP contribution in [0.3, 0.4) is 0 Å². The number of nitrogens with one attached hydrogen (secondary N) is 1. The molecule has 1 aromatic heterocycles. The maximum absolute atomic E-state index is 12.2. The number of benzene rings is 2. The summed E-state index contributed by atoms with van der Waals surface area (Å²) in [5.41, 5.74) is 8.35. The smallest absolute Gasteiger partial charge is 0.412 e. The summed E-state index contributed by atoms with van der Waals surface area (Å²) >= 11 is 0. The van der Waals surface area contributed by atoms with E-state index in [0.29, 0.717) is 16.7 Å². The number of hydrogen-bond donors (Lipinski definition) is 2. The molecule has 0 bridgehead atoms. The predicted octanol–water partition coefficient (Wildman–Crippen LogP) is 3.62. The molecule has 0 spiro atoms. The van der Waals surface area contributed by atoms with Crippen LogP contribution in [0.1, 0.15) is 20.8 Å². The molecule has 0 unspecified atom stereocenters. The number of fused-ring (bicyclic) bond motifs is 1. The number of nitrogen functional groups attached to an aromatic ring is 1. The maximum Gasteiger partial charge on any atom is 0.412 e. The molecule has 3 N–H and O–H groups in total. The van der Waals surface area contributed by atoms with Crippen LogP contribution in [0.25, 0.3) is 22.2 Å². The lowest BCUT2D eigenvalue weighted by atomic mass is 10.0. The summed E-state index contributed by atoms with van der Waals surface area (Å²) in [6, 6.07) is 13.4. The van der Waals surface area contributed by atoms with E-state index in [4.69, 9.17) is 10.5 Å². The zero-order chi connectivity index (χ0) is 18.0. The molecule has 0 fully saturated rings. The largest absolute Gasteiger partial charge is 0.444 e. The van der Waals surface area contributed by atoms with E-state index in [1.165, 1.54) is 0 Å². The molecule has 25 heavy (non-hydrogen) atoms. The van der Waals surface area contributed by atoms with Crippen LogP contribution < -0.4 is 11.1 Å². The van der Waals surface area contributed by atoms with E-state index < -0.39 is 11.7 Å². The van der Waals surface area contributed by atoms with Gasteiger partial charge in [0.1, 0.15) is 11.1 Å². The third-order valence-electron chi connectivity index (χ3n) is 3.32. The lowest BCUT2D eigenvalue weighted by Gasteiger charge is -2.20. The molecule has 0 atom stereocenters. The number of rotatable bonds is 2. The average Bonchev–Trinajstić information content (AvgIpc) is 2.53. The molecule has 7 nitrogen and oxygen atoms in total. The number of hydrogen-bond acceptors (Lipinski definition) is 6. The summed E-state index contributed by atoms with van der Waals surface area (Å²) in [7, 11) is 0. The quantitative estimate of drug-likeness (QED) is 0.740. The van der Waals surface area contributed by atoms with Crippen molar-refractivity contribution in [3.8, 4) is 11.1 Å². The summed E-state index contributed by atoms with van der Waals surface area (Å²) in [6.45, 7) is 5.40. The average molecular weight is 337 g/mol. The summed E-state index contributed by atoms with van der Waals surface area (Å²) in [5.74, 6) is 0.0703. The Hall–Kier alpha value is -3.22. The van der Waals surface area contributed by atoms with Gasteiger partial charge in [0, 0.05) is 0 Å². The molecule has 3 rings (SSSR count). The molecule has 0 saturated carbocycles. The van der Waals surface area contributed by atoms with Crippen LogP contribution in [0.15, 0.2) is 42.5 Å². The first-order valence-electron chi connectivity index (χ1n) is 7.81. The molecule has 1 amide bonds. The van der Waals surface area contributed by atoms with E-state index in [0.717, 1.165) is 11.1 Å². The second kappa shape index (κ2) is 6.35. The molecule has 0 saturated heterocycles. The Kier molecular flexibility index (Phi) is 4.22. The van der Waals surface area contributed by atoms with E-state index in [1.807, 2.05) is 42.5 Å². The summed E-state index contributed by atoms with van der Waals surface area (Å²) in [4.78, 5) is 16.4. The number of carbonyl (C=O) groups is 1. The molecule has 0 aliphatic heterocycles. The predicted molar refractivity (Wildman–Crippen MR) is 97.0 cm³/mol. The van der Waals surface area contributed by atoms with Gasteiger partial charge >= 0.3 is 6.09 Å². The number of aromatic nitrogens is 3. The second-order valence-electron chi connectivity index (χ2n) is 6.55. The highest BCUT2D eigenvalue weighted by atomic mass is 16.6. The summed E-state index contributed by atoms with van der Waals surface area (Å²) in [5, 5.41) is 10.6. The molecule has 0 aliphatic rings. The van der Waals surface area contributed by atoms with Gasteiger partial charge in [0.15, 0.2) is 0 Å². The van der Waals surface area contributed by atoms with Crippen LogP contribution in [0.5, 0.6) is 0 Å². The molecule has 3 aromatic rings. The Morgan fingerprint density at radius 1 is 1.08 bits per heavy atom. The Labute approximate surface area is 145 Å². The highest BCUT2D eigenvalue weighted by molar-refractivity contribution is 5.99. The molecule has 1 heterocycles. The van der Waals surface area contributed by atoms with Gasteiger partial charge < -0.3 is 10.5 Å². The van der Waals surface area contributed by atoms with Crippen molar-refractivity contribution < 1.29 is 9.53 Å². The van der Waals surface area contributed by atoms with Gasteiger partial charge in [-0.25, -0.2) is 9.78 Å². The van der Waals surface area contributed by atoms with Crippen molar-refractivity contribution in [3.63, 3.8) is 0 Å². The lowest BCUT2D eigenvalue weighted by Crippen LogP contribution is -2.27. The van der Waals surface area contributed by atoms with Gasteiger partial charge in [-0.15, -0.1) is 10.2 Å². The standard InChI is InChI=1S/C18H19N5O2/c1-18(2,3)25-17(24)21-14-10-12(11-7-5-4-6-8-11)9-13-15(14)22-23-16(19)20-13/h4-10H,1-3H3,(H,21,24)(H2,19,20,23). The van der Waals surface area contributed by atoms with Gasteiger partial charge in [0.25, 0.3) is 0 Å². The number of carbonyl (C=O) groups excluding carboxylic acids is 1. The minimum atomic E-state index is -0.606. The van der Waals surface area contributed by atoms with Gasteiger partial charge in [-0.05, 0) is 44.0 Å². The van der Waals surface area contributed by atoms with E-state index >= 15 is 0 Å². The van der Waals surface area contributed by atoms with Gasteiger partial charge in [0.05, 0.1) is 11.2 Å². The van der Waals surface area contributed by atoms with Gasteiger partial charge in [-0.1, -0.05) is 30.3 Å². The maximum atomic E-state index is 12.2. The summed E-state index contributed by atoms with van der Waals surface area (Å²) < 4.78 is 5.32. The van der Waals surface area contributed by atoms with Crippen molar-refractivity contribution in [3.05, 3.63) is 42.5 Å². The molecular weight excluding hydrogens is 318 g/mol. The SMILES string of the molecule is CC(C)(C)OC(=O)Nc1cc(-c2ccccc2)cc2nc(N)nnc12. The number of nitrogens with zero attached hydrogens (tertiary/aromatic N) is 3. The first kappa shape index (κ1) is 16.6. The minimum absolute atomic E-state index is 0.0703. The number of nitrogens with two attached hydrogens (primary N) is 1. The van der Waals surface area contributed by atoms with Crippen molar-refractivity contribution >= 4 is 28.8 Å². The van der Waals surface area contributed by atoms with Crippen molar-refractivity contribution in [1.29, 1.82) is 0 Å². The third-order valence-corrected chi connectivity index (χ3v) is 3.32. The Balaban J connectivity index is 2.07. The molecule has 128 valence electrons. The van der Waals surface area contributed by atoms with E-state index in [1.54, 1.807) is 20.8 Å². The molecule has 2 aromatic carbocycles. The normalized spacial score (nSPS) is 11.3. The van der Waals surface area contributed by atoms with Crippen molar-refractivity contribution in [2.75, 3.05) is 11.1 Å². The van der Waals surface area contributed by atoms with Crippen LogP contribution >= 0.6 is 0 Å². The van der Waals surface area contributed by atoms with Gasteiger partial charge in [-0.3, -0.25) is 5.32 Å². The minimum Gasteiger partial charge on any atom is -0.444 e. The fourth-order valence-corrected chi connectivity index (χ4v) is 2.36. The zero-order valence-corrected chi connectivity index (χ0v) is 14.3. The number of ether oxygens (including phenoxy) is 1. The lowest BCUT2D eigenvalue weighted by molar-refractivity contribution is 0.0636. The molecular formula is C18H19N5O2. The topological polar surface area (TPSA) is 103 Å². The number of amides is 1. The molecule has 7 heteroatoms. The van der Waals surface area contributed by atoms with E-state index in [9.17, 15) is 4.79 Å². The highest BCUT2D eigenvalue weighted by Crippen LogP contribution is 2.29. The number of anilines is 2. The Morgan fingerprint density at radius 3 is 2.48 bits per heavy atom. The summed E-state index contributed by atoms with van der Waals surface area (Å²) in [6.07, 6.45) is -0.572. The van der Waals surface area contributed by atoms with Crippen molar-refractivity contribution in [1.82, 2.24) is 15.2 Å².